The van der Waals surface area contributed by atoms with Crippen molar-refractivity contribution in [1.82, 2.24) is 0 Å². The van der Waals surface area contributed by atoms with Crippen LogP contribution in [-0.4, -0.2) is 27.8 Å². The summed E-state index contributed by atoms with van der Waals surface area (Å²) in [7, 11) is -2.64. The molecular weight excluding hydrogens is 424 g/mol. The number of hydrogen-bond acceptors (Lipinski definition) is 3. The lowest BCUT2D eigenvalue weighted by atomic mass is 10.0. The van der Waals surface area contributed by atoms with E-state index in [1.807, 2.05) is 0 Å². The SMILES string of the molecule is CC(C)(C)[Si](OC1=CC[CH]C=C1CCOC1CCCCO1)(c1ccccc1)c1ccccc1. The van der Waals surface area contributed by atoms with Crippen LogP contribution in [0.15, 0.2) is 84.1 Å². The van der Waals surface area contributed by atoms with Crippen LogP contribution in [0.25, 0.3) is 0 Å². The van der Waals surface area contributed by atoms with E-state index in [0.29, 0.717) is 6.61 Å². The summed E-state index contributed by atoms with van der Waals surface area (Å²) in [6, 6.07) is 21.7. The zero-order valence-corrected chi connectivity index (χ0v) is 21.3. The van der Waals surface area contributed by atoms with Crippen molar-refractivity contribution in [2.45, 2.75) is 64.2 Å². The van der Waals surface area contributed by atoms with Gasteiger partial charge in [0.05, 0.1) is 6.61 Å². The molecule has 1 aliphatic carbocycles. The molecule has 33 heavy (non-hydrogen) atoms. The Morgan fingerprint density at radius 1 is 0.939 bits per heavy atom. The van der Waals surface area contributed by atoms with Crippen LogP contribution in [0.1, 0.15) is 52.9 Å². The van der Waals surface area contributed by atoms with Gasteiger partial charge in [0, 0.05) is 6.61 Å². The van der Waals surface area contributed by atoms with Gasteiger partial charge in [-0.25, -0.2) is 0 Å². The van der Waals surface area contributed by atoms with Crippen LogP contribution < -0.4 is 10.4 Å². The Bertz CT molecular complexity index is 898. The third-order valence-corrected chi connectivity index (χ3v) is 11.5. The molecule has 1 radical (unpaired) electrons. The molecule has 3 nitrogen and oxygen atoms in total. The minimum atomic E-state index is -2.64. The zero-order valence-electron chi connectivity index (χ0n) is 20.3. The summed E-state index contributed by atoms with van der Waals surface area (Å²) < 4.78 is 19.1. The predicted molar refractivity (Wildman–Crippen MR) is 138 cm³/mol. The van der Waals surface area contributed by atoms with E-state index in [-0.39, 0.29) is 11.3 Å². The number of hydrogen-bond donors (Lipinski definition) is 0. The minimum Gasteiger partial charge on any atom is -0.534 e. The molecule has 2 aromatic rings. The first kappa shape index (κ1) is 24.0. The summed E-state index contributed by atoms with van der Waals surface area (Å²) in [5.74, 6) is 1.01. The first-order valence-corrected chi connectivity index (χ1v) is 14.2. The van der Waals surface area contributed by atoms with Gasteiger partial charge in [-0.3, -0.25) is 0 Å². The van der Waals surface area contributed by atoms with Crippen LogP contribution >= 0.6 is 0 Å². The van der Waals surface area contributed by atoms with Crippen molar-refractivity contribution in [3.8, 4) is 0 Å². The second-order valence-corrected chi connectivity index (χ2v) is 14.1. The highest BCUT2D eigenvalue weighted by Gasteiger charge is 2.52. The lowest BCUT2D eigenvalue weighted by Crippen LogP contribution is -2.66. The van der Waals surface area contributed by atoms with E-state index >= 15 is 0 Å². The van der Waals surface area contributed by atoms with E-state index in [2.05, 4.69) is 100 Å². The topological polar surface area (TPSA) is 27.7 Å². The normalized spacial score (nSPS) is 19.5. The maximum absolute atomic E-state index is 7.30. The fourth-order valence-corrected chi connectivity index (χ4v) is 9.34. The lowest BCUT2D eigenvalue weighted by Gasteiger charge is -2.44. The van der Waals surface area contributed by atoms with Crippen molar-refractivity contribution in [2.24, 2.45) is 0 Å². The molecule has 4 heteroatoms. The Labute approximate surface area is 200 Å². The highest BCUT2D eigenvalue weighted by Crippen LogP contribution is 2.40. The molecule has 0 spiro atoms. The van der Waals surface area contributed by atoms with Crippen molar-refractivity contribution in [1.29, 1.82) is 0 Å². The summed E-state index contributed by atoms with van der Waals surface area (Å²) in [4.78, 5) is 0. The van der Waals surface area contributed by atoms with Gasteiger partial charge in [0.25, 0.3) is 0 Å². The largest absolute Gasteiger partial charge is 0.534 e. The lowest BCUT2D eigenvalue weighted by molar-refractivity contribution is -0.161. The van der Waals surface area contributed by atoms with Gasteiger partial charge in [0.15, 0.2) is 6.29 Å². The van der Waals surface area contributed by atoms with E-state index in [1.165, 1.54) is 22.4 Å². The second kappa shape index (κ2) is 10.9. The second-order valence-electron chi connectivity index (χ2n) is 9.91. The Hall–Kier alpha value is -2.14. The fourth-order valence-electron chi connectivity index (χ4n) is 4.87. The summed E-state index contributed by atoms with van der Waals surface area (Å²) in [6.07, 6.45) is 11.6. The fraction of sp³-hybridized carbons (Fsp3) is 0.414. The molecule has 1 saturated heterocycles. The number of ether oxygens (including phenoxy) is 2. The molecule has 0 N–H and O–H groups in total. The van der Waals surface area contributed by atoms with Crippen LogP contribution in [0.5, 0.6) is 0 Å². The molecule has 4 rings (SSSR count). The molecule has 0 bridgehead atoms. The van der Waals surface area contributed by atoms with E-state index in [1.54, 1.807) is 0 Å². The third kappa shape index (κ3) is 5.51. The van der Waals surface area contributed by atoms with E-state index in [9.17, 15) is 0 Å². The maximum atomic E-state index is 7.30. The van der Waals surface area contributed by atoms with E-state index < -0.39 is 8.32 Å². The van der Waals surface area contributed by atoms with Crippen molar-refractivity contribution in [2.75, 3.05) is 13.2 Å². The summed E-state index contributed by atoms with van der Waals surface area (Å²) >= 11 is 0. The quantitative estimate of drug-likeness (QED) is 0.457. The Kier molecular flexibility index (Phi) is 7.89. The maximum Gasteiger partial charge on any atom is 0.319 e. The molecule has 1 unspecified atom stereocenters. The average Bonchev–Trinajstić information content (AvgIpc) is 2.84. The van der Waals surface area contributed by atoms with Crippen molar-refractivity contribution < 1.29 is 13.9 Å². The summed E-state index contributed by atoms with van der Waals surface area (Å²) in [6.45, 7) is 8.42. The first-order chi connectivity index (χ1) is 16.0. The smallest absolute Gasteiger partial charge is 0.319 e. The van der Waals surface area contributed by atoms with Gasteiger partial charge < -0.3 is 13.9 Å². The molecule has 0 amide bonds. The van der Waals surface area contributed by atoms with Gasteiger partial charge in [0.2, 0.25) is 0 Å². The molecule has 175 valence electrons. The predicted octanol–water partition coefficient (Wildman–Crippen LogP) is 5.91. The van der Waals surface area contributed by atoms with Crippen molar-refractivity contribution in [3.05, 3.63) is 90.6 Å². The molecule has 0 saturated carbocycles. The molecular formula is C29H37O3Si. The van der Waals surface area contributed by atoms with Crippen molar-refractivity contribution >= 4 is 18.7 Å². The van der Waals surface area contributed by atoms with Crippen molar-refractivity contribution in [3.63, 3.8) is 0 Å². The molecule has 2 aliphatic rings. The first-order valence-electron chi connectivity index (χ1n) is 12.3. The third-order valence-electron chi connectivity index (χ3n) is 6.57. The number of allylic oxidation sites excluding steroid dienone is 3. The van der Waals surface area contributed by atoms with Gasteiger partial charge in [-0.2, -0.15) is 0 Å². The number of rotatable bonds is 8. The van der Waals surface area contributed by atoms with Gasteiger partial charge >= 0.3 is 8.32 Å². The Balaban J connectivity index is 1.62. The zero-order chi connectivity index (χ0) is 23.2. The highest BCUT2D eigenvalue weighted by atomic mass is 28.4. The average molecular weight is 462 g/mol. The monoisotopic (exact) mass is 461 g/mol. The van der Waals surface area contributed by atoms with Crippen LogP contribution in [0.2, 0.25) is 5.04 Å². The van der Waals surface area contributed by atoms with Crippen LogP contribution in [-0.2, 0) is 13.9 Å². The summed E-state index contributed by atoms with van der Waals surface area (Å²) in [5.41, 5.74) is 1.21. The summed E-state index contributed by atoms with van der Waals surface area (Å²) in [5, 5.41) is 2.53. The highest BCUT2D eigenvalue weighted by molar-refractivity contribution is 6.99. The number of benzene rings is 2. The minimum absolute atomic E-state index is 0.0584. The van der Waals surface area contributed by atoms with Gasteiger partial charge in [-0.15, -0.1) is 0 Å². The van der Waals surface area contributed by atoms with Gasteiger partial charge in [-0.05, 0) is 65.6 Å². The molecule has 2 aromatic carbocycles. The van der Waals surface area contributed by atoms with Crippen LogP contribution in [0.3, 0.4) is 0 Å². The van der Waals surface area contributed by atoms with E-state index in [4.69, 9.17) is 13.9 Å². The molecule has 0 aromatic heterocycles. The standard InChI is InChI=1S/C29H37O3Si/c1-29(2,3)33(25-15-6-4-7-16-25,26-17-8-5-9-18-26)32-27-19-11-10-14-24(27)21-23-31-28-20-12-13-22-30-28/h4-10,14-19,28H,11-13,20-23H2,1-3H3. The van der Waals surface area contributed by atoms with Gasteiger partial charge in [-0.1, -0.05) is 87.5 Å². The molecule has 1 fully saturated rings. The van der Waals surface area contributed by atoms with Gasteiger partial charge in [0.1, 0.15) is 5.76 Å². The van der Waals surface area contributed by atoms with E-state index in [0.717, 1.165) is 38.0 Å². The van der Waals surface area contributed by atoms with Crippen LogP contribution in [0.4, 0.5) is 0 Å². The molecule has 1 atom stereocenters. The Morgan fingerprint density at radius 2 is 1.61 bits per heavy atom. The van der Waals surface area contributed by atoms with Crippen LogP contribution in [0, 0.1) is 6.42 Å². The molecule has 1 aliphatic heterocycles. The Morgan fingerprint density at radius 3 is 2.18 bits per heavy atom. The molecule has 1 heterocycles.